The fourth-order valence-electron chi connectivity index (χ4n) is 6.03. The highest BCUT2D eigenvalue weighted by molar-refractivity contribution is 6.26. The molecule has 0 atom stereocenters. The van der Waals surface area contributed by atoms with Crippen LogP contribution in [0.2, 0.25) is 0 Å². The summed E-state index contributed by atoms with van der Waals surface area (Å²) < 4.78 is 0. The molecular formula is C39H27N3. The average Bonchev–Trinajstić information content (AvgIpc) is 3.09. The molecule has 1 heterocycles. The van der Waals surface area contributed by atoms with Crippen LogP contribution in [0, 0.1) is 0 Å². The Morgan fingerprint density at radius 2 is 0.810 bits per heavy atom. The standard InChI is InChI=1S/C39H27N3/c1-4-12-26(13-5-1)29-20-22-33-31-18-10-11-19-32(31)36-25-30(21-23-34(36)35(33)24-29)39-41-37(27-14-6-2-7-15-27)40-38(42-39)28-16-8-3-9-17-28/h1-25,39H,(H,40,41,42). The van der Waals surface area contributed by atoms with E-state index < -0.39 is 0 Å². The number of nitrogens with one attached hydrogen (secondary N) is 1. The number of benzene rings is 7. The third-order valence-corrected chi connectivity index (χ3v) is 8.10. The zero-order valence-corrected chi connectivity index (χ0v) is 22.9. The van der Waals surface area contributed by atoms with Crippen LogP contribution >= 0.6 is 0 Å². The molecule has 8 rings (SSSR count). The number of nitrogens with zero attached hydrogens (tertiary/aromatic N) is 2. The second-order valence-electron chi connectivity index (χ2n) is 10.7. The van der Waals surface area contributed by atoms with Gasteiger partial charge in [-0.2, -0.15) is 0 Å². The maximum absolute atomic E-state index is 5.12. The highest BCUT2D eigenvalue weighted by atomic mass is 15.2. The van der Waals surface area contributed by atoms with E-state index >= 15 is 0 Å². The summed E-state index contributed by atoms with van der Waals surface area (Å²) in [6.07, 6.45) is -0.369. The Kier molecular flexibility index (Phi) is 5.86. The molecule has 0 saturated carbocycles. The Morgan fingerprint density at radius 1 is 0.357 bits per heavy atom. The lowest BCUT2D eigenvalue weighted by Gasteiger charge is -2.23. The Hall–Kier alpha value is -5.54. The third kappa shape index (κ3) is 4.23. The number of aliphatic imine (C=N–C) groups is 2. The van der Waals surface area contributed by atoms with Crippen molar-refractivity contribution in [3.63, 3.8) is 0 Å². The second kappa shape index (κ2) is 10.1. The van der Waals surface area contributed by atoms with Crippen molar-refractivity contribution in [2.24, 2.45) is 9.98 Å². The van der Waals surface area contributed by atoms with Crippen LogP contribution in [0.15, 0.2) is 162 Å². The van der Waals surface area contributed by atoms with Gasteiger partial charge >= 0.3 is 0 Å². The van der Waals surface area contributed by atoms with E-state index in [1.165, 1.54) is 43.4 Å². The smallest absolute Gasteiger partial charge is 0.169 e. The van der Waals surface area contributed by atoms with Crippen LogP contribution in [0.4, 0.5) is 0 Å². The van der Waals surface area contributed by atoms with Crippen LogP contribution < -0.4 is 5.32 Å². The summed E-state index contributed by atoms with van der Waals surface area (Å²) in [6.45, 7) is 0. The van der Waals surface area contributed by atoms with E-state index in [-0.39, 0.29) is 6.17 Å². The molecule has 1 aliphatic rings. The van der Waals surface area contributed by atoms with Crippen LogP contribution in [0.3, 0.4) is 0 Å². The van der Waals surface area contributed by atoms with Gasteiger partial charge in [0.25, 0.3) is 0 Å². The van der Waals surface area contributed by atoms with E-state index in [4.69, 9.17) is 9.98 Å². The lowest BCUT2D eigenvalue weighted by Crippen LogP contribution is -2.35. The maximum atomic E-state index is 5.12. The van der Waals surface area contributed by atoms with E-state index in [9.17, 15) is 0 Å². The number of hydrogen-bond donors (Lipinski definition) is 1. The zero-order chi connectivity index (χ0) is 27.9. The second-order valence-corrected chi connectivity index (χ2v) is 10.7. The van der Waals surface area contributed by atoms with Crippen molar-refractivity contribution in [1.82, 2.24) is 5.32 Å². The fourth-order valence-corrected chi connectivity index (χ4v) is 6.03. The largest absolute Gasteiger partial charge is 0.324 e. The molecule has 42 heavy (non-hydrogen) atoms. The van der Waals surface area contributed by atoms with Gasteiger partial charge in [0.05, 0.1) is 0 Å². The summed E-state index contributed by atoms with van der Waals surface area (Å²) >= 11 is 0. The molecule has 0 fully saturated rings. The molecule has 1 aliphatic heterocycles. The van der Waals surface area contributed by atoms with Gasteiger partial charge in [0.1, 0.15) is 11.7 Å². The summed E-state index contributed by atoms with van der Waals surface area (Å²) in [5, 5.41) is 11.0. The third-order valence-electron chi connectivity index (χ3n) is 8.10. The molecule has 0 bridgehead atoms. The number of rotatable bonds is 4. The molecule has 0 radical (unpaired) electrons. The summed E-state index contributed by atoms with van der Waals surface area (Å²) in [5.41, 5.74) is 5.58. The van der Waals surface area contributed by atoms with E-state index in [1.807, 2.05) is 36.4 Å². The minimum absolute atomic E-state index is 0.369. The van der Waals surface area contributed by atoms with Crippen molar-refractivity contribution in [1.29, 1.82) is 0 Å². The lowest BCUT2D eigenvalue weighted by molar-refractivity contribution is 0.757. The molecule has 1 N–H and O–H groups in total. The number of fused-ring (bicyclic) bond motifs is 6. The highest BCUT2D eigenvalue weighted by Crippen LogP contribution is 2.39. The SMILES string of the molecule is c1ccc(C2=NC(c3ccc4c5cc(-c6ccccc6)ccc5c5ccccc5c4c3)N=C(c3ccccc3)N2)cc1. The van der Waals surface area contributed by atoms with Crippen molar-refractivity contribution >= 4 is 44.0 Å². The first-order valence-corrected chi connectivity index (χ1v) is 14.3. The minimum atomic E-state index is -0.369. The molecule has 3 nitrogen and oxygen atoms in total. The van der Waals surface area contributed by atoms with E-state index in [0.29, 0.717) is 0 Å². The van der Waals surface area contributed by atoms with Crippen molar-refractivity contribution in [2.45, 2.75) is 6.17 Å². The lowest BCUT2D eigenvalue weighted by atomic mass is 9.91. The topological polar surface area (TPSA) is 36.8 Å². The van der Waals surface area contributed by atoms with Crippen LogP contribution in [-0.2, 0) is 0 Å². The average molecular weight is 538 g/mol. The van der Waals surface area contributed by atoms with Gasteiger partial charge in [-0.1, -0.05) is 140 Å². The predicted octanol–water partition coefficient (Wildman–Crippen LogP) is 9.31. The van der Waals surface area contributed by atoms with Gasteiger partial charge < -0.3 is 5.32 Å². The van der Waals surface area contributed by atoms with Crippen molar-refractivity contribution in [2.75, 3.05) is 0 Å². The highest BCUT2D eigenvalue weighted by Gasteiger charge is 2.21. The van der Waals surface area contributed by atoms with Gasteiger partial charge in [0.15, 0.2) is 6.17 Å². The molecular weight excluding hydrogens is 510 g/mol. The summed E-state index contributed by atoms with van der Waals surface area (Å²) in [7, 11) is 0. The molecule has 0 unspecified atom stereocenters. The van der Waals surface area contributed by atoms with Gasteiger partial charge in [-0.05, 0) is 61.1 Å². The Labute approximate surface area is 244 Å². The molecule has 0 aliphatic carbocycles. The van der Waals surface area contributed by atoms with Crippen LogP contribution in [0.5, 0.6) is 0 Å². The van der Waals surface area contributed by atoms with Crippen molar-refractivity contribution in [3.05, 3.63) is 168 Å². The van der Waals surface area contributed by atoms with Crippen LogP contribution in [-0.4, -0.2) is 11.7 Å². The molecule has 198 valence electrons. The molecule has 0 saturated heterocycles. The first-order chi connectivity index (χ1) is 20.8. The molecule has 7 aromatic rings. The van der Waals surface area contributed by atoms with Crippen LogP contribution in [0.25, 0.3) is 43.4 Å². The maximum Gasteiger partial charge on any atom is 0.169 e. The van der Waals surface area contributed by atoms with E-state index in [0.717, 1.165) is 28.4 Å². The van der Waals surface area contributed by atoms with Crippen molar-refractivity contribution < 1.29 is 0 Å². The van der Waals surface area contributed by atoms with Gasteiger partial charge in [0.2, 0.25) is 0 Å². The quantitative estimate of drug-likeness (QED) is 0.223. The van der Waals surface area contributed by atoms with E-state index in [1.54, 1.807) is 0 Å². The number of amidine groups is 2. The van der Waals surface area contributed by atoms with Gasteiger partial charge in [0, 0.05) is 11.1 Å². The molecule has 7 aromatic carbocycles. The summed E-state index contributed by atoms with van der Waals surface area (Å²) in [6, 6.07) is 53.4. The van der Waals surface area contributed by atoms with E-state index in [2.05, 4.69) is 121 Å². The Bertz CT molecular complexity index is 2090. The Balaban J connectivity index is 1.34. The normalized spacial score (nSPS) is 13.6. The van der Waals surface area contributed by atoms with Gasteiger partial charge in [-0.25, -0.2) is 9.98 Å². The first kappa shape index (κ1) is 24.3. The summed E-state index contributed by atoms with van der Waals surface area (Å²) in [4.78, 5) is 10.2. The minimum Gasteiger partial charge on any atom is -0.324 e. The Morgan fingerprint density at radius 3 is 1.43 bits per heavy atom. The van der Waals surface area contributed by atoms with Gasteiger partial charge in [-0.15, -0.1) is 0 Å². The monoisotopic (exact) mass is 537 g/mol. The predicted molar refractivity (Wildman–Crippen MR) is 176 cm³/mol. The molecule has 0 amide bonds. The van der Waals surface area contributed by atoms with Gasteiger partial charge in [-0.3, -0.25) is 0 Å². The first-order valence-electron chi connectivity index (χ1n) is 14.3. The number of hydrogen-bond acceptors (Lipinski definition) is 3. The zero-order valence-electron chi connectivity index (χ0n) is 22.9. The van der Waals surface area contributed by atoms with Crippen molar-refractivity contribution in [3.8, 4) is 11.1 Å². The molecule has 3 heteroatoms. The summed E-state index contributed by atoms with van der Waals surface area (Å²) in [5.74, 6) is 1.65. The molecule has 0 spiro atoms. The van der Waals surface area contributed by atoms with Crippen LogP contribution in [0.1, 0.15) is 22.9 Å². The molecule has 0 aromatic heterocycles. The fraction of sp³-hybridized carbons (Fsp3) is 0.0256.